The van der Waals surface area contributed by atoms with Gasteiger partial charge in [0.1, 0.15) is 0 Å². The number of halogens is 3. The fourth-order valence-electron chi connectivity index (χ4n) is 4.14. The lowest BCUT2D eigenvalue weighted by molar-refractivity contribution is -0.137. The zero-order chi connectivity index (χ0) is 23.3. The van der Waals surface area contributed by atoms with E-state index in [2.05, 4.69) is 54.1 Å². The number of hydrogen-bond donors (Lipinski definition) is 1. The van der Waals surface area contributed by atoms with Crippen LogP contribution in [-0.4, -0.2) is 29.1 Å². The monoisotopic (exact) mass is 463 g/mol. The highest BCUT2D eigenvalue weighted by molar-refractivity contribution is 7.80. The maximum atomic E-state index is 13.1. The Bertz CT molecular complexity index is 929. The normalized spacial score (nSPS) is 14.6. The molecule has 0 amide bonds. The topological polar surface area (TPSA) is 18.5 Å². The molecule has 1 heterocycles. The number of thiocarbonyl (C=S) groups is 1. The van der Waals surface area contributed by atoms with E-state index in [-0.39, 0.29) is 6.04 Å². The fourth-order valence-corrected chi connectivity index (χ4v) is 4.50. The number of fused-ring (bicyclic) bond motifs is 1. The molecule has 0 saturated heterocycles. The van der Waals surface area contributed by atoms with Crippen molar-refractivity contribution >= 4 is 28.7 Å². The molecule has 0 spiro atoms. The van der Waals surface area contributed by atoms with E-state index < -0.39 is 11.7 Å². The predicted molar refractivity (Wildman–Crippen MR) is 130 cm³/mol. The zero-order valence-electron chi connectivity index (χ0n) is 19.0. The highest BCUT2D eigenvalue weighted by Gasteiger charge is 2.30. The quantitative estimate of drug-likeness (QED) is 0.452. The third-order valence-electron chi connectivity index (χ3n) is 6.03. The van der Waals surface area contributed by atoms with E-state index in [0.717, 1.165) is 56.5 Å². The molecule has 0 radical (unpaired) electrons. The van der Waals surface area contributed by atoms with Gasteiger partial charge in [-0.2, -0.15) is 13.2 Å². The van der Waals surface area contributed by atoms with Crippen molar-refractivity contribution in [2.45, 2.75) is 65.2 Å². The standard InChI is InChI=1S/C25H32F3N3S/c1-4-13-30-14-7-8-20-15-19(11-12-23(20)30)17-31(18(3)5-2)24(32)29-22-10-6-9-21(16-22)25(26,27)28/h6,9-12,15-16,18H,4-5,7-8,13-14,17H2,1-3H3,(H,29,32). The van der Waals surface area contributed by atoms with Gasteiger partial charge in [0.15, 0.2) is 5.11 Å². The van der Waals surface area contributed by atoms with Gasteiger partial charge in [0.05, 0.1) is 5.56 Å². The van der Waals surface area contributed by atoms with Gasteiger partial charge >= 0.3 is 6.18 Å². The molecule has 0 aromatic heterocycles. The van der Waals surface area contributed by atoms with Crippen LogP contribution in [0.5, 0.6) is 0 Å². The summed E-state index contributed by atoms with van der Waals surface area (Å²) in [4.78, 5) is 4.51. The van der Waals surface area contributed by atoms with E-state index in [4.69, 9.17) is 12.2 Å². The molecule has 174 valence electrons. The Labute approximate surface area is 194 Å². The molecule has 0 fully saturated rings. The zero-order valence-corrected chi connectivity index (χ0v) is 19.8. The second kappa shape index (κ2) is 10.6. The summed E-state index contributed by atoms with van der Waals surface area (Å²) in [6.07, 6.45) is -0.163. The lowest BCUT2D eigenvalue weighted by atomic mass is 9.98. The van der Waals surface area contributed by atoms with Crippen molar-refractivity contribution in [1.82, 2.24) is 4.90 Å². The number of nitrogens with one attached hydrogen (secondary N) is 1. The van der Waals surface area contributed by atoms with Crippen molar-refractivity contribution in [3.05, 3.63) is 59.2 Å². The first-order valence-electron chi connectivity index (χ1n) is 11.3. The molecule has 2 aromatic rings. The van der Waals surface area contributed by atoms with E-state index in [9.17, 15) is 13.2 Å². The van der Waals surface area contributed by atoms with Gasteiger partial charge in [0, 0.05) is 37.1 Å². The molecule has 3 nitrogen and oxygen atoms in total. The summed E-state index contributed by atoms with van der Waals surface area (Å²) in [5.41, 5.74) is 3.51. The minimum Gasteiger partial charge on any atom is -0.371 e. The number of alkyl halides is 3. The lowest BCUT2D eigenvalue weighted by Gasteiger charge is -2.34. The molecule has 1 N–H and O–H groups in total. The molecule has 3 rings (SSSR count). The molecule has 7 heteroatoms. The van der Waals surface area contributed by atoms with Gasteiger partial charge in [0.2, 0.25) is 0 Å². The number of nitrogens with zero attached hydrogens (tertiary/aromatic N) is 2. The van der Waals surface area contributed by atoms with E-state index in [1.807, 2.05) is 0 Å². The van der Waals surface area contributed by atoms with Crippen LogP contribution in [0.25, 0.3) is 0 Å². The first kappa shape index (κ1) is 24.4. The molecule has 1 unspecified atom stereocenters. The van der Waals surface area contributed by atoms with Gasteiger partial charge < -0.3 is 15.1 Å². The largest absolute Gasteiger partial charge is 0.416 e. The average molecular weight is 464 g/mol. The second-order valence-electron chi connectivity index (χ2n) is 8.45. The number of anilines is 2. The van der Waals surface area contributed by atoms with Crippen molar-refractivity contribution in [1.29, 1.82) is 0 Å². The van der Waals surface area contributed by atoms with Gasteiger partial charge in [-0.25, -0.2) is 0 Å². The molecule has 1 aliphatic heterocycles. The average Bonchev–Trinajstić information content (AvgIpc) is 2.76. The minimum absolute atomic E-state index is 0.147. The van der Waals surface area contributed by atoms with E-state index in [1.54, 1.807) is 6.07 Å². The summed E-state index contributed by atoms with van der Waals surface area (Å²) in [6, 6.07) is 11.9. The van der Waals surface area contributed by atoms with Crippen molar-refractivity contribution in [3.8, 4) is 0 Å². The molecule has 0 saturated carbocycles. The Balaban J connectivity index is 1.78. The molecular formula is C25H32F3N3S. The summed E-state index contributed by atoms with van der Waals surface area (Å²) in [5.74, 6) is 0. The Morgan fingerprint density at radius 1 is 1.19 bits per heavy atom. The summed E-state index contributed by atoms with van der Waals surface area (Å²) in [7, 11) is 0. The Kier molecular flexibility index (Phi) is 8.04. The third kappa shape index (κ3) is 5.94. The number of aryl methyl sites for hydroxylation is 1. The molecular weight excluding hydrogens is 431 g/mol. The van der Waals surface area contributed by atoms with E-state index in [1.165, 1.54) is 17.3 Å². The number of hydrogen-bond acceptors (Lipinski definition) is 2. The van der Waals surface area contributed by atoms with Crippen molar-refractivity contribution in [2.75, 3.05) is 23.3 Å². The highest BCUT2D eigenvalue weighted by Crippen LogP contribution is 2.31. The first-order valence-corrected chi connectivity index (χ1v) is 11.7. The molecule has 1 atom stereocenters. The summed E-state index contributed by atoms with van der Waals surface area (Å²) < 4.78 is 39.2. The van der Waals surface area contributed by atoms with Gasteiger partial charge in [-0.3, -0.25) is 0 Å². The van der Waals surface area contributed by atoms with E-state index in [0.29, 0.717) is 17.3 Å². The summed E-state index contributed by atoms with van der Waals surface area (Å²) in [6.45, 7) is 9.15. The molecule has 0 bridgehead atoms. The molecule has 1 aliphatic rings. The van der Waals surface area contributed by atoms with Crippen LogP contribution >= 0.6 is 12.2 Å². The van der Waals surface area contributed by atoms with Crippen LogP contribution in [0.15, 0.2) is 42.5 Å². The maximum absolute atomic E-state index is 13.1. The fraction of sp³-hybridized carbons (Fsp3) is 0.480. The van der Waals surface area contributed by atoms with Crippen molar-refractivity contribution in [2.24, 2.45) is 0 Å². The number of benzene rings is 2. The van der Waals surface area contributed by atoms with Crippen LogP contribution in [0.2, 0.25) is 0 Å². The van der Waals surface area contributed by atoms with Gasteiger partial charge in [-0.15, -0.1) is 0 Å². The van der Waals surface area contributed by atoms with E-state index >= 15 is 0 Å². The van der Waals surface area contributed by atoms with Crippen LogP contribution in [0, 0.1) is 0 Å². The highest BCUT2D eigenvalue weighted by atomic mass is 32.1. The van der Waals surface area contributed by atoms with Crippen molar-refractivity contribution in [3.63, 3.8) is 0 Å². The number of rotatable bonds is 7. The smallest absolute Gasteiger partial charge is 0.371 e. The Morgan fingerprint density at radius 3 is 2.66 bits per heavy atom. The Hall–Kier alpha value is -2.28. The summed E-state index contributed by atoms with van der Waals surface area (Å²) >= 11 is 5.64. The van der Waals surface area contributed by atoms with Crippen molar-refractivity contribution < 1.29 is 13.2 Å². The Morgan fingerprint density at radius 2 is 1.97 bits per heavy atom. The van der Waals surface area contributed by atoms with Gasteiger partial charge in [0.25, 0.3) is 0 Å². The second-order valence-corrected chi connectivity index (χ2v) is 8.83. The first-order chi connectivity index (χ1) is 15.2. The van der Waals surface area contributed by atoms with Gasteiger partial charge in [-0.05, 0) is 80.2 Å². The summed E-state index contributed by atoms with van der Waals surface area (Å²) in [5, 5.41) is 3.46. The lowest BCUT2D eigenvalue weighted by Crippen LogP contribution is -2.40. The predicted octanol–water partition coefficient (Wildman–Crippen LogP) is 6.87. The van der Waals surface area contributed by atoms with Crippen LogP contribution in [-0.2, 0) is 19.1 Å². The third-order valence-corrected chi connectivity index (χ3v) is 6.37. The maximum Gasteiger partial charge on any atom is 0.416 e. The minimum atomic E-state index is -4.38. The van der Waals surface area contributed by atoms with Crippen LogP contribution in [0.1, 0.15) is 56.7 Å². The van der Waals surface area contributed by atoms with Crippen LogP contribution < -0.4 is 10.2 Å². The molecule has 2 aromatic carbocycles. The van der Waals surface area contributed by atoms with Crippen LogP contribution in [0.4, 0.5) is 24.5 Å². The SMILES string of the molecule is CCCN1CCCc2cc(CN(C(=S)Nc3cccc(C(F)(F)F)c3)C(C)CC)ccc21. The van der Waals surface area contributed by atoms with Gasteiger partial charge in [-0.1, -0.05) is 32.0 Å². The molecule has 32 heavy (non-hydrogen) atoms. The van der Waals surface area contributed by atoms with Crippen LogP contribution in [0.3, 0.4) is 0 Å². The molecule has 0 aliphatic carbocycles.